The molecule has 1 rings (SSSR count). The Bertz CT molecular complexity index is 590. The van der Waals surface area contributed by atoms with Gasteiger partial charge in [0.2, 0.25) is 5.82 Å². The van der Waals surface area contributed by atoms with Crippen molar-refractivity contribution in [3.63, 3.8) is 0 Å². The number of rotatable bonds is 5. The van der Waals surface area contributed by atoms with Gasteiger partial charge in [-0.3, -0.25) is 4.79 Å². The number of carboxylic acids is 1. The standard InChI is InChI=1S/C13H16F3N3O3/c1-4-5-12(3,11(21)22)19-9(20)8-6-7(2)17-10(18-8)13(14,15)16/h6H,4-5H2,1-3H3,(H,19,20)(H,21,22). The van der Waals surface area contributed by atoms with Crippen LogP contribution in [0.15, 0.2) is 6.07 Å². The van der Waals surface area contributed by atoms with E-state index in [-0.39, 0.29) is 12.1 Å². The molecule has 0 aliphatic rings. The van der Waals surface area contributed by atoms with Gasteiger partial charge in [-0.05, 0) is 26.3 Å². The number of carbonyl (C=O) groups is 2. The van der Waals surface area contributed by atoms with E-state index in [0.717, 1.165) is 6.07 Å². The highest BCUT2D eigenvalue weighted by Crippen LogP contribution is 2.26. The minimum absolute atomic E-state index is 0.0417. The third-order valence-corrected chi connectivity index (χ3v) is 2.95. The summed E-state index contributed by atoms with van der Waals surface area (Å²) in [4.78, 5) is 29.7. The molecule has 0 saturated heterocycles. The number of aryl methyl sites for hydroxylation is 1. The summed E-state index contributed by atoms with van der Waals surface area (Å²) >= 11 is 0. The van der Waals surface area contributed by atoms with Crippen molar-refractivity contribution in [1.82, 2.24) is 15.3 Å². The quantitative estimate of drug-likeness (QED) is 0.868. The van der Waals surface area contributed by atoms with Crippen LogP contribution >= 0.6 is 0 Å². The number of carbonyl (C=O) groups excluding carboxylic acids is 1. The van der Waals surface area contributed by atoms with Crippen LogP contribution in [0.1, 0.15) is 48.7 Å². The second-order valence-corrected chi connectivity index (χ2v) is 5.06. The zero-order valence-corrected chi connectivity index (χ0v) is 12.3. The first-order chi connectivity index (χ1) is 9.99. The summed E-state index contributed by atoms with van der Waals surface area (Å²) in [5, 5.41) is 11.4. The molecule has 0 saturated carbocycles. The first kappa shape index (κ1) is 17.9. The Balaban J connectivity index is 3.13. The molecule has 6 nitrogen and oxygen atoms in total. The van der Waals surface area contributed by atoms with Gasteiger partial charge in [-0.15, -0.1) is 0 Å². The third kappa shape index (κ3) is 4.15. The monoisotopic (exact) mass is 319 g/mol. The second-order valence-electron chi connectivity index (χ2n) is 5.06. The number of amides is 1. The summed E-state index contributed by atoms with van der Waals surface area (Å²) < 4.78 is 37.9. The van der Waals surface area contributed by atoms with Crippen molar-refractivity contribution in [3.8, 4) is 0 Å². The number of nitrogens with zero attached hydrogens (tertiary/aromatic N) is 2. The van der Waals surface area contributed by atoms with Crippen LogP contribution in [0.4, 0.5) is 13.2 Å². The molecule has 0 fully saturated rings. The molecule has 0 spiro atoms. The number of aromatic nitrogens is 2. The average molecular weight is 319 g/mol. The molecule has 0 aliphatic carbocycles. The molecule has 1 aromatic heterocycles. The van der Waals surface area contributed by atoms with Crippen LogP contribution < -0.4 is 5.32 Å². The van der Waals surface area contributed by atoms with Gasteiger partial charge >= 0.3 is 12.1 Å². The van der Waals surface area contributed by atoms with Crippen LogP contribution in [0, 0.1) is 6.92 Å². The van der Waals surface area contributed by atoms with Gasteiger partial charge in [0.1, 0.15) is 11.2 Å². The van der Waals surface area contributed by atoms with Crippen LogP contribution in [0.2, 0.25) is 0 Å². The van der Waals surface area contributed by atoms with Crippen molar-refractivity contribution >= 4 is 11.9 Å². The minimum atomic E-state index is -4.79. The van der Waals surface area contributed by atoms with Crippen molar-refractivity contribution in [2.24, 2.45) is 0 Å². The van der Waals surface area contributed by atoms with Crippen LogP contribution in [-0.2, 0) is 11.0 Å². The highest BCUT2D eigenvalue weighted by Gasteiger charge is 2.37. The zero-order chi connectivity index (χ0) is 17.1. The van der Waals surface area contributed by atoms with E-state index in [1.54, 1.807) is 6.92 Å². The van der Waals surface area contributed by atoms with E-state index in [1.165, 1.54) is 13.8 Å². The topological polar surface area (TPSA) is 92.2 Å². The van der Waals surface area contributed by atoms with Gasteiger partial charge in [-0.25, -0.2) is 14.8 Å². The van der Waals surface area contributed by atoms with Gasteiger partial charge in [-0.2, -0.15) is 13.2 Å². The molecule has 1 aromatic rings. The maximum Gasteiger partial charge on any atom is 0.451 e. The van der Waals surface area contributed by atoms with Gasteiger partial charge in [0.15, 0.2) is 0 Å². The minimum Gasteiger partial charge on any atom is -0.480 e. The van der Waals surface area contributed by atoms with Crippen LogP contribution in [-0.4, -0.2) is 32.5 Å². The van der Waals surface area contributed by atoms with Crippen LogP contribution in [0.3, 0.4) is 0 Å². The number of nitrogens with one attached hydrogen (secondary N) is 1. The lowest BCUT2D eigenvalue weighted by Crippen LogP contribution is -2.52. The molecule has 0 radical (unpaired) electrons. The van der Waals surface area contributed by atoms with E-state index in [1.807, 2.05) is 0 Å². The fraction of sp³-hybridized carbons (Fsp3) is 0.538. The van der Waals surface area contributed by atoms with Crippen molar-refractivity contribution in [2.75, 3.05) is 0 Å². The maximum atomic E-state index is 12.6. The van der Waals surface area contributed by atoms with Crippen LogP contribution in [0.25, 0.3) is 0 Å². The average Bonchev–Trinajstić information content (AvgIpc) is 2.36. The third-order valence-electron chi connectivity index (χ3n) is 2.95. The Labute approximate surface area is 124 Å². The van der Waals surface area contributed by atoms with Crippen molar-refractivity contribution in [1.29, 1.82) is 0 Å². The molecule has 22 heavy (non-hydrogen) atoms. The Hall–Kier alpha value is -2.19. The zero-order valence-electron chi connectivity index (χ0n) is 12.3. The van der Waals surface area contributed by atoms with Crippen molar-refractivity contribution in [3.05, 3.63) is 23.3 Å². The van der Waals surface area contributed by atoms with E-state index in [9.17, 15) is 27.9 Å². The lowest BCUT2D eigenvalue weighted by molar-refractivity contribution is -0.145. The lowest BCUT2D eigenvalue weighted by atomic mass is 9.96. The lowest BCUT2D eigenvalue weighted by Gasteiger charge is -2.25. The maximum absolute atomic E-state index is 12.6. The van der Waals surface area contributed by atoms with Gasteiger partial charge in [0.05, 0.1) is 0 Å². The first-order valence-electron chi connectivity index (χ1n) is 6.48. The van der Waals surface area contributed by atoms with Crippen molar-refractivity contribution in [2.45, 2.75) is 45.3 Å². The van der Waals surface area contributed by atoms with Gasteiger partial charge in [0.25, 0.3) is 5.91 Å². The number of alkyl halides is 3. The normalized spacial score (nSPS) is 14.3. The molecule has 0 bridgehead atoms. The Kier molecular flexibility index (Phi) is 5.10. The Morgan fingerprint density at radius 3 is 2.36 bits per heavy atom. The first-order valence-corrected chi connectivity index (χ1v) is 6.48. The van der Waals surface area contributed by atoms with Crippen molar-refractivity contribution < 1.29 is 27.9 Å². The molecular weight excluding hydrogens is 303 g/mol. The molecule has 0 aliphatic heterocycles. The summed E-state index contributed by atoms with van der Waals surface area (Å²) in [7, 11) is 0. The SMILES string of the molecule is CCCC(C)(NC(=O)c1cc(C)nc(C(F)(F)F)n1)C(=O)O. The fourth-order valence-electron chi connectivity index (χ4n) is 1.85. The summed E-state index contributed by atoms with van der Waals surface area (Å²) in [6.07, 6.45) is -4.19. The molecule has 122 valence electrons. The highest BCUT2D eigenvalue weighted by atomic mass is 19.4. The number of halogens is 3. The molecular formula is C13H16F3N3O3. The molecule has 1 unspecified atom stereocenters. The number of hydrogen-bond donors (Lipinski definition) is 2. The summed E-state index contributed by atoms with van der Waals surface area (Å²) in [5.74, 6) is -3.70. The molecule has 1 heterocycles. The Morgan fingerprint density at radius 1 is 1.32 bits per heavy atom. The second kappa shape index (κ2) is 6.29. The predicted octanol–water partition coefficient (Wildman–Crippen LogP) is 2.18. The fourth-order valence-corrected chi connectivity index (χ4v) is 1.85. The molecule has 2 N–H and O–H groups in total. The van der Waals surface area contributed by atoms with E-state index in [0.29, 0.717) is 6.42 Å². The summed E-state index contributed by atoms with van der Waals surface area (Å²) in [6, 6.07) is 1.07. The van der Waals surface area contributed by atoms with E-state index >= 15 is 0 Å². The number of hydrogen-bond acceptors (Lipinski definition) is 4. The number of aliphatic carboxylic acids is 1. The van der Waals surface area contributed by atoms with E-state index < -0.39 is 35.1 Å². The highest BCUT2D eigenvalue weighted by molar-refractivity contribution is 5.96. The predicted molar refractivity (Wildman–Crippen MR) is 70.2 cm³/mol. The summed E-state index contributed by atoms with van der Waals surface area (Å²) in [6.45, 7) is 4.30. The number of carboxylic acid groups (broad SMARTS) is 1. The Morgan fingerprint density at radius 2 is 1.91 bits per heavy atom. The van der Waals surface area contributed by atoms with Gasteiger partial charge < -0.3 is 10.4 Å². The largest absolute Gasteiger partial charge is 0.480 e. The molecule has 1 amide bonds. The van der Waals surface area contributed by atoms with Crippen LogP contribution in [0.5, 0.6) is 0 Å². The molecule has 1 atom stereocenters. The summed E-state index contributed by atoms with van der Waals surface area (Å²) in [5.41, 5.74) is -2.15. The van der Waals surface area contributed by atoms with E-state index in [4.69, 9.17) is 0 Å². The molecule has 0 aromatic carbocycles. The molecule has 9 heteroatoms. The van der Waals surface area contributed by atoms with E-state index in [2.05, 4.69) is 15.3 Å². The van der Waals surface area contributed by atoms with Gasteiger partial charge in [0, 0.05) is 5.69 Å². The smallest absolute Gasteiger partial charge is 0.451 e. The van der Waals surface area contributed by atoms with Gasteiger partial charge in [-0.1, -0.05) is 13.3 Å².